The minimum Gasteiger partial charge on any atom is -0.477 e. The van der Waals surface area contributed by atoms with Gasteiger partial charge in [-0.1, -0.05) is 0 Å². The molecule has 0 aliphatic rings. The lowest BCUT2D eigenvalue weighted by molar-refractivity contribution is -0.384. The summed E-state index contributed by atoms with van der Waals surface area (Å²) in [7, 11) is 1.50. The van der Waals surface area contributed by atoms with E-state index in [-0.39, 0.29) is 22.8 Å². The molecule has 2 heterocycles. The molecule has 9 heteroatoms. The lowest BCUT2D eigenvalue weighted by Gasteiger charge is -2.05. The van der Waals surface area contributed by atoms with E-state index >= 15 is 0 Å². The lowest BCUT2D eigenvalue weighted by atomic mass is 10.3. The fraction of sp³-hybridized carbons (Fsp3) is 0.0833. The molecule has 0 bridgehead atoms. The highest BCUT2D eigenvalue weighted by Gasteiger charge is 2.18. The molecule has 2 rings (SSSR count). The predicted octanol–water partition coefficient (Wildman–Crippen LogP) is 1.28. The molecule has 21 heavy (non-hydrogen) atoms. The van der Waals surface area contributed by atoms with Crippen molar-refractivity contribution in [3.8, 4) is 0 Å². The van der Waals surface area contributed by atoms with Gasteiger partial charge in [-0.25, -0.2) is 9.78 Å². The maximum absolute atomic E-state index is 12.0. The number of aryl methyl sites for hydroxylation is 1. The zero-order valence-electron chi connectivity index (χ0n) is 10.8. The normalized spacial score (nSPS) is 10.1. The standard InChI is InChI=1S/C12H10N4O5/c1-15-6-8(16(20)21)5-10(15)11(17)14-7-2-3-13-9(4-7)12(18)19/h2-6H,1H3,(H,18,19)(H,13,14,17). The van der Waals surface area contributed by atoms with E-state index in [0.717, 1.165) is 6.07 Å². The third-order valence-corrected chi connectivity index (χ3v) is 2.67. The van der Waals surface area contributed by atoms with Crippen LogP contribution in [0.4, 0.5) is 11.4 Å². The molecule has 2 aromatic rings. The summed E-state index contributed by atoms with van der Waals surface area (Å²) in [5, 5.41) is 21.9. The first-order valence-electron chi connectivity index (χ1n) is 5.70. The van der Waals surface area contributed by atoms with Crippen LogP contribution in [0.25, 0.3) is 0 Å². The van der Waals surface area contributed by atoms with Gasteiger partial charge < -0.3 is 15.0 Å². The number of nitrogens with one attached hydrogen (secondary N) is 1. The molecule has 0 saturated carbocycles. The minimum atomic E-state index is -1.22. The largest absolute Gasteiger partial charge is 0.477 e. The zero-order chi connectivity index (χ0) is 15.6. The van der Waals surface area contributed by atoms with Crippen LogP contribution in [0.5, 0.6) is 0 Å². The number of anilines is 1. The van der Waals surface area contributed by atoms with Gasteiger partial charge in [0.15, 0.2) is 0 Å². The molecule has 2 N–H and O–H groups in total. The first kappa shape index (κ1) is 14.2. The molecule has 0 atom stereocenters. The topological polar surface area (TPSA) is 127 Å². The Morgan fingerprint density at radius 1 is 1.43 bits per heavy atom. The highest BCUT2D eigenvalue weighted by atomic mass is 16.6. The van der Waals surface area contributed by atoms with Crippen molar-refractivity contribution in [2.45, 2.75) is 0 Å². The Hall–Kier alpha value is -3.23. The minimum absolute atomic E-state index is 0.0791. The maximum Gasteiger partial charge on any atom is 0.354 e. The number of hydrogen-bond acceptors (Lipinski definition) is 5. The van der Waals surface area contributed by atoms with Gasteiger partial charge in [0.25, 0.3) is 11.6 Å². The summed E-state index contributed by atoms with van der Waals surface area (Å²) < 4.78 is 1.31. The smallest absolute Gasteiger partial charge is 0.354 e. The number of aromatic carboxylic acids is 1. The van der Waals surface area contributed by atoms with E-state index in [1.807, 2.05) is 0 Å². The number of amides is 1. The van der Waals surface area contributed by atoms with E-state index in [0.29, 0.717) is 0 Å². The maximum atomic E-state index is 12.0. The summed E-state index contributed by atoms with van der Waals surface area (Å²) in [5.74, 6) is -1.81. The van der Waals surface area contributed by atoms with Crippen LogP contribution in [0.15, 0.2) is 30.6 Å². The van der Waals surface area contributed by atoms with Gasteiger partial charge >= 0.3 is 5.97 Å². The third kappa shape index (κ3) is 3.03. The van der Waals surface area contributed by atoms with E-state index in [1.54, 1.807) is 0 Å². The number of rotatable bonds is 4. The highest BCUT2D eigenvalue weighted by Crippen LogP contribution is 2.17. The third-order valence-electron chi connectivity index (χ3n) is 2.67. The number of hydrogen-bond donors (Lipinski definition) is 2. The molecular formula is C12H10N4O5. The molecule has 2 aromatic heterocycles. The second-order valence-corrected chi connectivity index (χ2v) is 4.14. The number of carboxylic acids is 1. The van der Waals surface area contributed by atoms with E-state index in [9.17, 15) is 19.7 Å². The molecule has 0 spiro atoms. The SMILES string of the molecule is Cn1cc([N+](=O)[O-])cc1C(=O)Nc1ccnc(C(=O)O)c1. The van der Waals surface area contributed by atoms with Crippen molar-refractivity contribution in [1.82, 2.24) is 9.55 Å². The van der Waals surface area contributed by atoms with Gasteiger partial charge in [0, 0.05) is 25.0 Å². The van der Waals surface area contributed by atoms with Crippen LogP contribution in [0.2, 0.25) is 0 Å². The Balaban J connectivity index is 2.24. The molecule has 0 aliphatic heterocycles. The number of aromatic nitrogens is 2. The van der Waals surface area contributed by atoms with Crippen molar-refractivity contribution in [3.63, 3.8) is 0 Å². The Morgan fingerprint density at radius 3 is 2.71 bits per heavy atom. The van der Waals surface area contributed by atoms with Gasteiger partial charge in [-0.2, -0.15) is 0 Å². The fourth-order valence-electron chi connectivity index (χ4n) is 1.69. The van der Waals surface area contributed by atoms with Crippen LogP contribution < -0.4 is 5.32 Å². The van der Waals surface area contributed by atoms with Gasteiger partial charge in [-0.3, -0.25) is 14.9 Å². The number of carbonyl (C=O) groups excluding carboxylic acids is 1. The summed E-state index contributed by atoms with van der Waals surface area (Å²) in [4.78, 5) is 36.5. The number of carbonyl (C=O) groups is 2. The second-order valence-electron chi connectivity index (χ2n) is 4.14. The number of nitro groups is 1. The Labute approximate surface area is 118 Å². The molecule has 1 amide bonds. The van der Waals surface area contributed by atoms with Crippen molar-refractivity contribution < 1.29 is 19.6 Å². The Kier molecular flexibility index (Phi) is 3.65. The number of pyridine rings is 1. The zero-order valence-corrected chi connectivity index (χ0v) is 10.8. The highest BCUT2D eigenvalue weighted by molar-refractivity contribution is 6.04. The predicted molar refractivity (Wildman–Crippen MR) is 71.2 cm³/mol. The fourth-order valence-corrected chi connectivity index (χ4v) is 1.69. The van der Waals surface area contributed by atoms with Crippen molar-refractivity contribution in [2.24, 2.45) is 7.05 Å². The molecule has 0 radical (unpaired) electrons. The first-order valence-corrected chi connectivity index (χ1v) is 5.70. The van der Waals surface area contributed by atoms with E-state index in [1.165, 1.54) is 36.1 Å². The summed E-state index contributed by atoms with van der Waals surface area (Å²) in [5.41, 5.74) is -0.110. The van der Waals surface area contributed by atoms with Gasteiger partial charge in [0.1, 0.15) is 11.4 Å². The molecule has 0 saturated heterocycles. The lowest BCUT2D eigenvalue weighted by Crippen LogP contribution is -2.15. The number of nitrogens with zero attached hydrogens (tertiary/aromatic N) is 3. The van der Waals surface area contributed by atoms with Crippen LogP contribution in [-0.2, 0) is 7.05 Å². The van der Waals surface area contributed by atoms with Crippen molar-refractivity contribution in [1.29, 1.82) is 0 Å². The van der Waals surface area contributed by atoms with Crippen LogP contribution >= 0.6 is 0 Å². The molecule has 108 valence electrons. The van der Waals surface area contributed by atoms with Crippen LogP contribution in [0.3, 0.4) is 0 Å². The van der Waals surface area contributed by atoms with Crippen LogP contribution in [-0.4, -0.2) is 31.5 Å². The average molecular weight is 290 g/mol. The van der Waals surface area contributed by atoms with Gasteiger partial charge in [-0.05, 0) is 12.1 Å². The monoisotopic (exact) mass is 290 g/mol. The summed E-state index contributed by atoms with van der Waals surface area (Å²) in [6.07, 6.45) is 2.46. The molecule has 0 aliphatic carbocycles. The quantitative estimate of drug-likeness (QED) is 0.644. The summed E-state index contributed by atoms with van der Waals surface area (Å²) in [6.45, 7) is 0. The van der Waals surface area contributed by atoms with Crippen molar-refractivity contribution >= 4 is 23.3 Å². The van der Waals surface area contributed by atoms with Gasteiger partial charge in [-0.15, -0.1) is 0 Å². The van der Waals surface area contributed by atoms with E-state index in [2.05, 4.69) is 10.3 Å². The summed E-state index contributed by atoms with van der Waals surface area (Å²) >= 11 is 0. The van der Waals surface area contributed by atoms with Gasteiger partial charge in [0.05, 0.1) is 11.1 Å². The van der Waals surface area contributed by atoms with Crippen molar-refractivity contribution in [3.05, 3.63) is 52.1 Å². The molecule has 9 nitrogen and oxygen atoms in total. The Bertz CT molecular complexity index is 737. The van der Waals surface area contributed by atoms with Gasteiger partial charge in [0.2, 0.25) is 0 Å². The van der Waals surface area contributed by atoms with Crippen LogP contribution in [0.1, 0.15) is 21.0 Å². The molecule has 0 fully saturated rings. The van der Waals surface area contributed by atoms with Crippen LogP contribution in [0, 0.1) is 10.1 Å². The summed E-state index contributed by atoms with van der Waals surface area (Å²) in [6, 6.07) is 3.74. The Morgan fingerprint density at radius 2 is 2.14 bits per heavy atom. The first-order chi connectivity index (χ1) is 9.88. The molecular weight excluding hydrogens is 280 g/mol. The molecule has 0 aromatic carbocycles. The average Bonchev–Trinajstić information content (AvgIpc) is 2.81. The second kappa shape index (κ2) is 5.41. The van der Waals surface area contributed by atoms with E-state index in [4.69, 9.17) is 5.11 Å². The number of carboxylic acid groups (broad SMARTS) is 1. The van der Waals surface area contributed by atoms with E-state index < -0.39 is 16.8 Å². The molecule has 0 unspecified atom stereocenters. The van der Waals surface area contributed by atoms with Crippen molar-refractivity contribution in [2.75, 3.05) is 5.32 Å².